The summed E-state index contributed by atoms with van der Waals surface area (Å²) in [6, 6.07) is -1.67. The molecule has 4 aliphatic carbocycles. The van der Waals surface area contributed by atoms with Crippen LogP contribution in [0.2, 0.25) is 0 Å². The van der Waals surface area contributed by atoms with Crippen LogP contribution in [0.5, 0.6) is 0 Å². The van der Waals surface area contributed by atoms with E-state index in [2.05, 4.69) is 10.8 Å². The van der Waals surface area contributed by atoms with Crippen LogP contribution >= 0.6 is 0 Å². The van der Waals surface area contributed by atoms with Crippen molar-refractivity contribution in [1.82, 2.24) is 10.8 Å². The largest absolute Gasteiger partial charge is 0.481 e. The number of carbonyl (C=O) groups is 3. The minimum Gasteiger partial charge on any atom is -0.481 e. The van der Waals surface area contributed by atoms with Crippen molar-refractivity contribution in [3.8, 4) is 0 Å². The van der Waals surface area contributed by atoms with Gasteiger partial charge in [0.25, 0.3) is 0 Å². The number of carboxylic acids is 2. The Balaban J connectivity index is 1.08. The smallest absolute Gasteiger partial charge is 0.307 e. The maximum atomic E-state index is 12.9. The molecule has 4 fully saturated rings. The highest BCUT2D eigenvalue weighted by Crippen LogP contribution is 2.34. The van der Waals surface area contributed by atoms with Gasteiger partial charge >= 0.3 is 11.9 Å². The quantitative estimate of drug-likeness (QED) is 0.121. The molecule has 0 aromatic heterocycles. The Morgan fingerprint density at radius 1 is 0.667 bits per heavy atom. The molecule has 4 aliphatic rings. The fourth-order valence-electron chi connectivity index (χ4n) is 7.40. The van der Waals surface area contributed by atoms with Gasteiger partial charge in [0.1, 0.15) is 6.79 Å². The van der Waals surface area contributed by atoms with Gasteiger partial charge in [0.05, 0.1) is 36.6 Å². The number of hydroxylamine groups is 1. The summed E-state index contributed by atoms with van der Waals surface area (Å²) in [6.45, 7) is 0.268. The number of aliphatic carboxylic acids is 2. The summed E-state index contributed by atoms with van der Waals surface area (Å²) in [5.41, 5.74) is 3.02. The zero-order valence-corrected chi connectivity index (χ0v) is 25.5. The van der Waals surface area contributed by atoms with Crippen LogP contribution in [0.4, 0.5) is 0 Å². The molecule has 4 saturated carbocycles. The average molecular weight is 643 g/mol. The third kappa shape index (κ3) is 10.0. The highest BCUT2D eigenvalue weighted by atomic mass is 16.7. The van der Waals surface area contributed by atoms with Crippen LogP contribution in [0.3, 0.4) is 0 Å². The first-order chi connectivity index (χ1) is 21.5. The molecule has 45 heavy (non-hydrogen) atoms. The standard InChI is InChI=1S/C29H46N4O12/c34-27(26-14-21(33(41)42)6-12-25(26)29(37)38)30-18-1-7-22(8-2-18)43-16-44-23-9-3-19(4-10-23)31-45-15-17-13-20(32(39)40)5-11-24(17)28(35)36/h17-26,31H,1-16H2,(H,30,34)(H,35,36)(H,37,38). The Labute approximate surface area is 261 Å². The first-order valence-electron chi connectivity index (χ1n) is 16.1. The normalized spacial score (nSPS) is 35.6. The lowest BCUT2D eigenvalue weighted by Crippen LogP contribution is -2.48. The fourth-order valence-corrected chi connectivity index (χ4v) is 7.40. The van der Waals surface area contributed by atoms with Gasteiger partial charge < -0.3 is 29.8 Å². The molecular weight excluding hydrogens is 596 g/mol. The van der Waals surface area contributed by atoms with Crippen molar-refractivity contribution in [2.75, 3.05) is 13.4 Å². The molecule has 0 heterocycles. The number of carbonyl (C=O) groups excluding carboxylic acids is 1. The first kappa shape index (κ1) is 34.9. The summed E-state index contributed by atoms with van der Waals surface area (Å²) >= 11 is 0. The minimum atomic E-state index is -1.09. The van der Waals surface area contributed by atoms with Crippen molar-refractivity contribution < 1.29 is 48.8 Å². The summed E-state index contributed by atoms with van der Waals surface area (Å²) in [5, 5.41) is 44.3. The van der Waals surface area contributed by atoms with Crippen LogP contribution in [0.15, 0.2) is 0 Å². The highest BCUT2D eigenvalue weighted by molar-refractivity contribution is 5.85. The topological polar surface area (TPSA) is 230 Å². The molecule has 16 nitrogen and oxygen atoms in total. The Kier molecular flexibility index (Phi) is 12.9. The number of nitrogens with one attached hydrogen (secondary N) is 2. The van der Waals surface area contributed by atoms with Crippen molar-refractivity contribution in [2.45, 2.75) is 126 Å². The molecule has 0 spiro atoms. The molecule has 16 heteroatoms. The Hall–Kier alpha value is -2.95. The van der Waals surface area contributed by atoms with Gasteiger partial charge in [0.2, 0.25) is 18.0 Å². The molecular formula is C29H46N4O12. The summed E-state index contributed by atoms with van der Waals surface area (Å²) in [5.74, 6) is -5.31. The molecule has 6 atom stereocenters. The van der Waals surface area contributed by atoms with Gasteiger partial charge in [-0.05, 0) is 64.2 Å². The van der Waals surface area contributed by atoms with Gasteiger partial charge in [0.15, 0.2) is 0 Å². The summed E-state index contributed by atoms with van der Waals surface area (Å²) < 4.78 is 11.9. The predicted molar refractivity (Wildman–Crippen MR) is 155 cm³/mol. The van der Waals surface area contributed by atoms with E-state index in [1.807, 2.05) is 0 Å². The second-order valence-electron chi connectivity index (χ2n) is 13.1. The molecule has 0 aliphatic heterocycles. The van der Waals surface area contributed by atoms with Gasteiger partial charge in [-0.1, -0.05) is 0 Å². The molecule has 4 N–H and O–H groups in total. The zero-order valence-electron chi connectivity index (χ0n) is 25.5. The predicted octanol–water partition coefficient (Wildman–Crippen LogP) is 2.53. The minimum absolute atomic E-state index is 0.0193. The van der Waals surface area contributed by atoms with Gasteiger partial charge in [-0.25, -0.2) is 0 Å². The van der Waals surface area contributed by atoms with Gasteiger partial charge in [0, 0.05) is 53.5 Å². The van der Waals surface area contributed by atoms with E-state index in [9.17, 15) is 44.8 Å². The van der Waals surface area contributed by atoms with E-state index in [0.717, 1.165) is 25.7 Å². The van der Waals surface area contributed by atoms with Crippen LogP contribution in [0, 0.1) is 43.9 Å². The number of amides is 1. The molecule has 0 aromatic rings. The number of rotatable bonds is 14. The van der Waals surface area contributed by atoms with Crippen molar-refractivity contribution >= 4 is 17.8 Å². The number of carboxylic acid groups (broad SMARTS) is 2. The van der Waals surface area contributed by atoms with E-state index in [-0.39, 0.29) is 81.1 Å². The van der Waals surface area contributed by atoms with Crippen LogP contribution in [0.25, 0.3) is 0 Å². The van der Waals surface area contributed by atoms with Gasteiger partial charge in [-0.3, -0.25) is 34.6 Å². The second kappa shape index (κ2) is 16.6. The first-order valence-corrected chi connectivity index (χ1v) is 16.1. The van der Waals surface area contributed by atoms with Gasteiger partial charge in [-0.2, -0.15) is 5.48 Å². The third-order valence-electron chi connectivity index (χ3n) is 10.2. The number of nitrogens with zero attached hydrogens (tertiary/aromatic N) is 2. The SMILES string of the molecule is O=C(O)C1CCC([N+](=O)[O-])CC1CONC1CCC(OCOC2CCC(NC(=O)C3CC([N+](=O)[O-])CCC3C(=O)O)CC2)CC1. The van der Waals surface area contributed by atoms with Crippen molar-refractivity contribution in [2.24, 2.45) is 23.7 Å². The molecule has 254 valence electrons. The monoisotopic (exact) mass is 642 g/mol. The van der Waals surface area contributed by atoms with E-state index >= 15 is 0 Å². The number of nitro groups is 2. The lowest BCUT2D eigenvalue weighted by atomic mass is 9.76. The average Bonchev–Trinajstić information content (AvgIpc) is 3.02. The van der Waals surface area contributed by atoms with Crippen molar-refractivity contribution in [3.05, 3.63) is 20.2 Å². The number of hydrogen-bond donors (Lipinski definition) is 4. The van der Waals surface area contributed by atoms with Crippen LogP contribution in [0.1, 0.15) is 89.9 Å². The summed E-state index contributed by atoms with van der Waals surface area (Å²) in [7, 11) is 0. The molecule has 6 unspecified atom stereocenters. The molecule has 1 amide bonds. The lowest BCUT2D eigenvalue weighted by Gasteiger charge is -2.34. The maximum absolute atomic E-state index is 12.9. The van der Waals surface area contributed by atoms with E-state index in [1.54, 1.807) is 0 Å². The molecule has 0 saturated heterocycles. The van der Waals surface area contributed by atoms with E-state index in [1.165, 1.54) is 0 Å². The van der Waals surface area contributed by atoms with E-state index in [0.29, 0.717) is 25.7 Å². The zero-order chi connectivity index (χ0) is 32.5. The molecule has 0 aromatic carbocycles. The number of ether oxygens (including phenoxy) is 2. The van der Waals surface area contributed by atoms with Gasteiger partial charge in [-0.15, -0.1) is 0 Å². The summed E-state index contributed by atoms with van der Waals surface area (Å²) in [4.78, 5) is 63.4. The Morgan fingerprint density at radius 2 is 1.18 bits per heavy atom. The van der Waals surface area contributed by atoms with E-state index < -0.39 is 58.5 Å². The highest BCUT2D eigenvalue weighted by Gasteiger charge is 2.44. The number of hydrogen-bond acceptors (Lipinski definition) is 11. The molecule has 0 bridgehead atoms. The fraction of sp³-hybridized carbons (Fsp3) is 0.897. The van der Waals surface area contributed by atoms with Crippen molar-refractivity contribution in [3.63, 3.8) is 0 Å². The maximum Gasteiger partial charge on any atom is 0.307 e. The second-order valence-corrected chi connectivity index (χ2v) is 13.1. The van der Waals surface area contributed by atoms with Crippen molar-refractivity contribution in [1.29, 1.82) is 0 Å². The van der Waals surface area contributed by atoms with Crippen LogP contribution in [-0.4, -0.2) is 87.7 Å². The van der Waals surface area contributed by atoms with Crippen LogP contribution < -0.4 is 10.8 Å². The van der Waals surface area contributed by atoms with E-state index in [4.69, 9.17) is 14.3 Å². The summed E-state index contributed by atoms with van der Waals surface area (Å²) in [6.07, 6.45) is 6.92. The Bertz CT molecular complexity index is 1050. The lowest BCUT2D eigenvalue weighted by molar-refractivity contribution is -0.528. The Morgan fingerprint density at radius 3 is 1.71 bits per heavy atom. The molecule has 4 rings (SSSR count). The van der Waals surface area contributed by atoms with Crippen LogP contribution in [-0.2, 0) is 28.7 Å². The third-order valence-corrected chi connectivity index (χ3v) is 10.2. The molecule has 0 radical (unpaired) electrons.